The molecular formula is C15H19NO4. The molecule has 0 fully saturated rings. The monoisotopic (exact) mass is 277 g/mol. The molecule has 1 unspecified atom stereocenters. The van der Waals surface area contributed by atoms with Crippen LogP contribution in [0, 0.1) is 0 Å². The standard InChI is InChI=1S/C15H19NO4/c1-4-11(17)14-12(18)5-9(6-13(14)19)10-7-20-16-15(10)8(2)3/h7-9,18H,4-6H2,1-3H3. The van der Waals surface area contributed by atoms with E-state index in [4.69, 9.17) is 4.52 Å². The first-order valence-electron chi connectivity index (χ1n) is 6.88. The van der Waals surface area contributed by atoms with E-state index in [1.54, 1.807) is 6.92 Å². The van der Waals surface area contributed by atoms with E-state index in [1.165, 1.54) is 6.26 Å². The van der Waals surface area contributed by atoms with Gasteiger partial charge in [-0.15, -0.1) is 0 Å². The van der Waals surface area contributed by atoms with Gasteiger partial charge in [0.1, 0.15) is 12.0 Å². The van der Waals surface area contributed by atoms with E-state index < -0.39 is 0 Å². The predicted molar refractivity (Wildman–Crippen MR) is 72.5 cm³/mol. The smallest absolute Gasteiger partial charge is 0.170 e. The number of Topliss-reactive ketones (excluding diaryl/α,β-unsaturated/α-hetero) is 2. The van der Waals surface area contributed by atoms with Crippen molar-refractivity contribution in [2.75, 3.05) is 0 Å². The maximum atomic E-state index is 12.1. The van der Waals surface area contributed by atoms with Crippen LogP contribution in [0.3, 0.4) is 0 Å². The average molecular weight is 277 g/mol. The molecule has 1 aromatic rings. The van der Waals surface area contributed by atoms with Crippen molar-refractivity contribution in [3.05, 3.63) is 28.9 Å². The molecule has 5 heteroatoms. The number of carbonyl (C=O) groups excluding carboxylic acids is 2. The van der Waals surface area contributed by atoms with Gasteiger partial charge in [0.15, 0.2) is 11.6 Å². The van der Waals surface area contributed by atoms with Gasteiger partial charge in [0.2, 0.25) is 0 Å². The van der Waals surface area contributed by atoms with Gasteiger partial charge in [-0.25, -0.2) is 0 Å². The third-order valence-corrected chi connectivity index (χ3v) is 3.65. The van der Waals surface area contributed by atoms with Crippen LogP contribution in [0.2, 0.25) is 0 Å². The van der Waals surface area contributed by atoms with Crippen LogP contribution in [0.5, 0.6) is 0 Å². The maximum absolute atomic E-state index is 12.1. The third-order valence-electron chi connectivity index (χ3n) is 3.65. The van der Waals surface area contributed by atoms with E-state index >= 15 is 0 Å². The van der Waals surface area contributed by atoms with Crippen molar-refractivity contribution in [3.63, 3.8) is 0 Å². The summed E-state index contributed by atoms with van der Waals surface area (Å²) in [6.07, 6.45) is 2.26. The first-order valence-corrected chi connectivity index (χ1v) is 6.88. The lowest BCUT2D eigenvalue weighted by molar-refractivity contribution is -0.122. The fourth-order valence-electron chi connectivity index (χ4n) is 2.60. The molecule has 0 spiro atoms. The van der Waals surface area contributed by atoms with Gasteiger partial charge in [0, 0.05) is 30.7 Å². The van der Waals surface area contributed by atoms with Gasteiger partial charge in [0.25, 0.3) is 0 Å². The number of nitrogens with zero attached hydrogens (tertiary/aromatic N) is 1. The quantitative estimate of drug-likeness (QED) is 0.855. The minimum Gasteiger partial charge on any atom is -0.511 e. The second-order valence-corrected chi connectivity index (χ2v) is 5.44. The zero-order valence-electron chi connectivity index (χ0n) is 12.0. The van der Waals surface area contributed by atoms with Crippen molar-refractivity contribution in [2.45, 2.75) is 51.9 Å². The number of hydrogen-bond donors (Lipinski definition) is 1. The summed E-state index contributed by atoms with van der Waals surface area (Å²) in [7, 11) is 0. The minimum atomic E-state index is -0.291. The first kappa shape index (κ1) is 14.5. The molecule has 0 aliphatic heterocycles. The Labute approximate surface area is 117 Å². The molecule has 1 aliphatic carbocycles. The van der Waals surface area contributed by atoms with E-state index in [0.717, 1.165) is 11.3 Å². The summed E-state index contributed by atoms with van der Waals surface area (Å²) in [5.41, 5.74) is 1.63. The highest BCUT2D eigenvalue weighted by Gasteiger charge is 2.33. The van der Waals surface area contributed by atoms with Crippen LogP contribution < -0.4 is 0 Å². The molecule has 5 nitrogen and oxygen atoms in total. The number of ketones is 2. The lowest BCUT2D eigenvalue weighted by Crippen LogP contribution is -2.23. The Bertz CT molecular complexity index is 568. The minimum absolute atomic E-state index is 0.0219. The van der Waals surface area contributed by atoms with Crippen LogP contribution in [-0.2, 0) is 9.59 Å². The van der Waals surface area contributed by atoms with Crippen LogP contribution in [0.1, 0.15) is 63.1 Å². The number of aliphatic hydroxyl groups excluding tert-OH is 1. The van der Waals surface area contributed by atoms with Crippen molar-refractivity contribution in [3.8, 4) is 0 Å². The largest absolute Gasteiger partial charge is 0.511 e. The summed E-state index contributed by atoms with van der Waals surface area (Å²) in [6, 6.07) is 0. The molecule has 0 amide bonds. The highest BCUT2D eigenvalue weighted by molar-refractivity contribution is 6.21. The number of aromatic nitrogens is 1. The molecule has 108 valence electrons. The van der Waals surface area contributed by atoms with Gasteiger partial charge in [-0.2, -0.15) is 0 Å². The lowest BCUT2D eigenvalue weighted by Gasteiger charge is -2.22. The zero-order chi connectivity index (χ0) is 14.9. The van der Waals surface area contributed by atoms with Gasteiger partial charge in [-0.3, -0.25) is 9.59 Å². The van der Waals surface area contributed by atoms with Gasteiger partial charge in [-0.1, -0.05) is 25.9 Å². The number of allylic oxidation sites excluding steroid dienone is 2. The molecule has 1 atom stereocenters. The van der Waals surface area contributed by atoms with Crippen LogP contribution in [-0.4, -0.2) is 21.8 Å². The molecular weight excluding hydrogens is 258 g/mol. The Hall–Kier alpha value is -1.91. The SMILES string of the molecule is CCC(=O)C1=C(O)CC(c2conc2C(C)C)CC1=O. The van der Waals surface area contributed by atoms with E-state index in [-0.39, 0.29) is 54.0 Å². The Balaban J connectivity index is 2.32. The molecule has 1 N–H and O–H groups in total. The molecule has 0 bridgehead atoms. The Morgan fingerprint density at radius 3 is 2.75 bits per heavy atom. The summed E-state index contributed by atoms with van der Waals surface area (Å²) in [5.74, 6) is -0.668. The molecule has 0 saturated carbocycles. The second-order valence-electron chi connectivity index (χ2n) is 5.44. The molecule has 1 aliphatic rings. The number of rotatable bonds is 4. The van der Waals surface area contributed by atoms with E-state index in [9.17, 15) is 14.7 Å². The summed E-state index contributed by atoms with van der Waals surface area (Å²) >= 11 is 0. The van der Waals surface area contributed by atoms with Crippen LogP contribution in [0.15, 0.2) is 22.1 Å². The average Bonchev–Trinajstić information content (AvgIpc) is 2.86. The molecule has 2 rings (SSSR count). The summed E-state index contributed by atoms with van der Waals surface area (Å²) < 4.78 is 5.00. The zero-order valence-corrected chi connectivity index (χ0v) is 12.0. The summed E-state index contributed by atoms with van der Waals surface area (Å²) in [6.45, 7) is 5.67. The summed E-state index contributed by atoms with van der Waals surface area (Å²) in [4.78, 5) is 23.8. The van der Waals surface area contributed by atoms with Gasteiger partial charge in [-0.05, 0) is 5.92 Å². The molecule has 1 aromatic heterocycles. The second kappa shape index (κ2) is 5.61. The predicted octanol–water partition coefficient (Wildman–Crippen LogP) is 3.04. The molecule has 20 heavy (non-hydrogen) atoms. The van der Waals surface area contributed by atoms with Gasteiger partial charge >= 0.3 is 0 Å². The van der Waals surface area contributed by atoms with Crippen LogP contribution in [0.4, 0.5) is 0 Å². The van der Waals surface area contributed by atoms with Gasteiger partial charge < -0.3 is 9.63 Å². The molecule has 0 saturated heterocycles. The number of hydrogen-bond acceptors (Lipinski definition) is 5. The first-order chi connectivity index (χ1) is 9.45. The van der Waals surface area contributed by atoms with Crippen LogP contribution >= 0.6 is 0 Å². The van der Waals surface area contributed by atoms with E-state index in [1.807, 2.05) is 13.8 Å². The Morgan fingerprint density at radius 1 is 1.50 bits per heavy atom. The summed E-state index contributed by atoms with van der Waals surface area (Å²) in [5, 5.41) is 14.0. The van der Waals surface area contributed by atoms with Crippen molar-refractivity contribution in [1.29, 1.82) is 0 Å². The number of carbonyl (C=O) groups is 2. The topological polar surface area (TPSA) is 80.4 Å². The van der Waals surface area contributed by atoms with Gasteiger partial charge in [0.05, 0.1) is 11.3 Å². The Morgan fingerprint density at radius 2 is 2.20 bits per heavy atom. The van der Waals surface area contributed by atoms with Crippen molar-refractivity contribution in [2.24, 2.45) is 0 Å². The fraction of sp³-hybridized carbons (Fsp3) is 0.533. The molecule has 1 heterocycles. The fourth-order valence-corrected chi connectivity index (χ4v) is 2.60. The molecule has 0 aromatic carbocycles. The normalized spacial score (nSPS) is 19.8. The molecule has 0 radical (unpaired) electrons. The Kier molecular flexibility index (Phi) is 4.06. The number of aliphatic hydroxyl groups is 1. The third kappa shape index (κ3) is 2.53. The van der Waals surface area contributed by atoms with E-state index in [0.29, 0.717) is 0 Å². The highest BCUT2D eigenvalue weighted by Crippen LogP contribution is 2.37. The highest BCUT2D eigenvalue weighted by atomic mass is 16.5. The van der Waals surface area contributed by atoms with Crippen LogP contribution in [0.25, 0.3) is 0 Å². The lowest BCUT2D eigenvalue weighted by atomic mass is 9.80. The van der Waals surface area contributed by atoms with Crippen molar-refractivity contribution < 1.29 is 19.2 Å². The maximum Gasteiger partial charge on any atom is 0.170 e. The van der Waals surface area contributed by atoms with E-state index in [2.05, 4.69) is 5.16 Å². The van der Waals surface area contributed by atoms with Crippen molar-refractivity contribution >= 4 is 11.6 Å². The van der Waals surface area contributed by atoms with Crippen molar-refractivity contribution in [1.82, 2.24) is 5.16 Å².